The molecule has 1 aromatic carbocycles. The molecule has 0 amide bonds. The number of nitrogens with zero attached hydrogens (tertiary/aromatic N) is 2. The van der Waals surface area contributed by atoms with Crippen LogP contribution in [0.3, 0.4) is 0 Å². The van der Waals surface area contributed by atoms with E-state index in [9.17, 15) is 5.11 Å². The molecule has 2 heterocycles. The lowest BCUT2D eigenvalue weighted by atomic mass is 10.1. The minimum Gasteiger partial charge on any atom is -0.486 e. The topological polar surface area (TPSA) is 68.5 Å². The molecule has 1 aliphatic rings. The Labute approximate surface area is 129 Å². The highest BCUT2D eigenvalue weighted by Gasteiger charge is 2.16. The van der Waals surface area contributed by atoms with Crippen molar-refractivity contribution in [1.29, 1.82) is 0 Å². The van der Waals surface area contributed by atoms with Crippen LogP contribution in [-0.2, 0) is 6.54 Å². The van der Waals surface area contributed by atoms with E-state index in [1.165, 1.54) is 0 Å². The van der Waals surface area contributed by atoms with Gasteiger partial charge in [0.25, 0.3) is 0 Å². The second-order valence-electron chi connectivity index (χ2n) is 5.46. The molecule has 0 radical (unpaired) electrons. The largest absolute Gasteiger partial charge is 0.486 e. The Morgan fingerprint density at radius 2 is 2.14 bits per heavy atom. The molecular weight excluding hydrogens is 282 g/mol. The van der Waals surface area contributed by atoms with Crippen LogP contribution in [-0.4, -0.2) is 40.7 Å². The molecule has 0 saturated heterocycles. The predicted octanol–water partition coefficient (Wildman–Crippen LogP) is 1.37. The number of hydrogen-bond acceptors (Lipinski definition) is 5. The van der Waals surface area contributed by atoms with Gasteiger partial charge in [0.15, 0.2) is 11.5 Å². The van der Waals surface area contributed by atoms with Crippen molar-refractivity contribution in [3.05, 3.63) is 42.2 Å². The summed E-state index contributed by atoms with van der Waals surface area (Å²) in [6.45, 7) is 4.42. The number of rotatable bonds is 6. The van der Waals surface area contributed by atoms with Crippen LogP contribution in [0.25, 0.3) is 0 Å². The molecule has 2 atom stereocenters. The Bertz CT molecular complexity index is 601. The molecule has 0 aliphatic carbocycles. The summed E-state index contributed by atoms with van der Waals surface area (Å²) in [6.07, 6.45) is 3.10. The van der Waals surface area contributed by atoms with Gasteiger partial charge in [0.05, 0.1) is 12.6 Å². The lowest BCUT2D eigenvalue weighted by Gasteiger charge is -2.21. The third-order valence-electron chi connectivity index (χ3n) is 3.63. The molecule has 0 spiro atoms. The maximum Gasteiger partial charge on any atom is 0.161 e. The molecule has 0 unspecified atom stereocenters. The number of aliphatic hydroxyl groups excluding tert-OH is 1. The first-order valence-electron chi connectivity index (χ1n) is 7.51. The van der Waals surface area contributed by atoms with Crippen LogP contribution in [0.2, 0.25) is 0 Å². The van der Waals surface area contributed by atoms with Gasteiger partial charge in [-0.05, 0) is 30.7 Å². The summed E-state index contributed by atoms with van der Waals surface area (Å²) < 4.78 is 12.9. The summed E-state index contributed by atoms with van der Waals surface area (Å²) in [6, 6.07) is 7.68. The van der Waals surface area contributed by atoms with Gasteiger partial charge in [-0.1, -0.05) is 6.07 Å². The fraction of sp³-hybridized carbons (Fsp3) is 0.438. The summed E-state index contributed by atoms with van der Waals surface area (Å²) in [7, 11) is 0. The molecule has 2 N–H and O–H groups in total. The Kier molecular flexibility index (Phi) is 4.60. The zero-order chi connectivity index (χ0) is 15.4. The standard InChI is InChI=1S/C16H21N3O3/c1-12(11-19-6-2-5-18-19)17-10-14(20)13-3-4-15-16(9-13)22-8-7-21-15/h2-6,9,12,14,17,20H,7-8,10-11H2,1H3/t12-,14+/m0/s1. The van der Waals surface area contributed by atoms with E-state index < -0.39 is 6.10 Å². The number of nitrogens with one attached hydrogen (secondary N) is 1. The molecule has 0 bridgehead atoms. The molecule has 3 rings (SSSR count). The van der Waals surface area contributed by atoms with E-state index in [1.807, 2.05) is 35.1 Å². The number of fused-ring (bicyclic) bond motifs is 1. The second kappa shape index (κ2) is 6.81. The van der Waals surface area contributed by atoms with E-state index in [0.29, 0.717) is 25.5 Å². The van der Waals surface area contributed by atoms with Crippen LogP contribution in [0, 0.1) is 0 Å². The van der Waals surface area contributed by atoms with Gasteiger partial charge in [0, 0.05) is 25.0 Å². The maximum absolute atomic E-state index is 10.3. The molecule has 1 aliphatic heterocycles. The van der Waals surface area contributed by atoms with Gasteiger partial charge >= 0.3 is 0 Å². The zero-order valence-electron chi connectivity index (χ0n) is 12.6. The molecular formula is C16H21N3O3. The summed E-state index contributed by atoms with van der Waals surface area (Å²) in [5, 5.41) is 17.8. The third-order valence-corrected chi connectivity index (χ3v) is 3.63. The molecule has 118 valence electrons. The first-order chi connectivity index (χ1) is 10.7. The average molecular weight is 303 g/mol. The van der Waals surface area contributed by atoms with Crippen molar-refractivity contribution in [2.45, 2.75) is 25.6 Å². The van der Waals surface area contributed by atoms with Crippen molar-refractivity contribution in [1.82, 2.24) is 15.1 Å². The highest BCUT2D eigenvalue weighted by Crippen LogP contribution is 2.32. The van der Waals surface area contributed by atoms with E-state index in [1.54, 1.807) is 6.20 Å². The summed E-state index contributed by atoms with van der Waals surface area (Å²) in [5.41, 5.74) is 0.822. The monoisotopic (exact) mass is 303 g/mol. The maximum atomic E-state index is 10.3. The fourth-order valence-electron chi connectivity index (χ4n) is 2.45. The Hall–Kier alpha value is -2.05. The van der Waals surface area contributed by atoms with Gasteiger partial charge in [0.2, 0.25) is 0 Å². The number of aliphatic hydroxyl groups is 1. The Morgan fingerprint density at radius 1 is 1.32 bits per heavy atom. The van der Waals surface area contributed by atoms with Gasteiger partial charge in [-0.2, -0.15) is 5.10 Å². The van der Waals surface area contributed by atoms with Gasteiger partial charge in [0.1, 0.15) is 13.2 Å². The normalized spacial score (nSPS) is 16.3. The fourth-order valence-corrected chi connectivity index (χ4v) is 2.45. The number of benzene rings is 1. The molecule has 1 aromatic heterocycles. The van der Waals surface area contributed by atoms with Crippen molar-refractivity contribution in [2.24, 2.45) is 0 Å². The van der Waals surface area contributed by atoms with Crippen LogP contribution >= 0.6 is 0 Å². The lowest BCUT2D eigenvalue weighted by Crippen LogP contribution is -2.33. The second-order valence-corrected chi connectivity index (χ2v) is 5.46. The van der Waals surface area contributed by atoms with E-state index in [0.717, 1.165) is 17.9 Å². The van der Waals surface area contributed by atoms with Gasteiger partial charge < -0.3 is 19.9 Å². The molecule has 2 aromatic rings. The third kappa shape index (κ3) is 3.58. The van der Waals surface area contributed by atoms with E-state index in [4.69, 9.17) is 9.47 Å². The highest BCUT2D eigenvalue weighted by molar-refractivity contribution is 5.44. The lowest BCUT2D eigenvalue weighted by molar-refractivity contribution is 0.160. The number of aromatic nitrogens is 2. The molecule has 6 nitrogen and oxygen atoms in total. The van der Waals surface area contributed by atoms with Crippen molar-refractivity contribution in [2.75, 3.05) is 19.8 Å². The SMILES string of the molecule is C[C@@H](Cn1cccn1)NC[C@@H](O)c1ccc2c(c1)OCCO2. The van der Waals surface area contributed by atoms with Crippen molar-refractivity contribution in [3.63, 3.8) is 0 Å². The highest BCUT2D eigenvalue weighted by atomic mass is 16.6. The number of ether oxygens (including phenoxy) is 2. The molecule has 0 fully saturated rings. The van der Waals surface area contributed by atoms with Gasteiger partial charge in [-0.3, -0.25) is 4.68 Å². The minimum atomic E-state index is -0.587. The zero-order valence-corrected chi connectivity index (χ0v) is 12.6. The van der Waals surface area contributed by atoms with Crippen LogP contribution in [0.4, 0.5) is 0 Å². The van der Waals surface area contributed by atoms with E-state index in [-0.39, 0.29) is 6.04 Å². The van der Waals surface area contributed by atoms with E-state index >= 15 is 0 Å². The average Bonchev–Trinajstić information content (AvgIpc) is 3.05. The van der Waals surface area contributed by atoms with Gasteiger partial charge in [-0.15, -0.1) is 0 Å². The van der Waals surface area contributed by atoms with Crippen LogP contribution in [0.5, 0.6) is 11.5 Å². The first-order valence-corrected chi connectivity index (χ1v) is 7.51. The van der Waals surface area contributed by atoms with E-state index in [2.05, 4.69) is 17.3 Å². The smallest absolute Gasteiger partial charge is 0.161 e. The summed E-state index contributed by atoms with van der Waals surface area (Å²) >= 11 is 0. The number of hydrogen-bond donors (Lipinski definition) is 2. The molecule has 22 heavy (non-hydrogen) atoms. The first kappa shape index (κ1) is 14.9. The predicted molar refractivity (Wildman–Crippen MR) is 82.1 cm³/mol. The van der Waals surface area contributed by atoms with Crippen molar-refractivity contribution < 1.29 is 14.6 Å². The van der Waals surface area contributed by atoms with Crippen LogP contribution in [0.1, 0.15) is 18.6 Å². The van der Waals surface area contributed by atoms with Crippen LogP contribution < -0.4 is 14.8 Å². The summed E-state index contributed by atoms with van der Waals surface area (Å²) in [4.78, 5) is 0. The molecule has 0 saturated carbocycles. The van der Waals surface area contributed by atoms with Crippen molar-refractivity contribution >= 4 is 0 Å². The Balaban J connectivity index is 1.54. The summed E-state index contributed by atoms with van der Waals surface area (Å²) in [5.74, 6) is 1.44. The Morgan fingerprint density at radius 3 is 2.91 bits per heavy atom. The quantitative estimate of drug-likeness (QED) is 0.843. The minimum absolute atomic E-state index is 0.215. The van der Waals surface area contributed by atoms with Crippen LogP contribution in [0.15, 0.2) is 36.7 Å². The van der Waals surface area contributed by atoms with Crippen molar-refractivity contribution in [3.8, 4) is 11.5 Å². The van der Waals surface area contributed by atoms with Gasteiger partial charge in [-0.25, -0.2) is 0 Å². The molecule has 6 heteroatoms.